The Balaban J connectivity index is 2.13. The quantitative estimate of drug-likeness (QED) is 0.729. The molecule has 3 aromatic rings. The first-order valence-electron chi connectivity index (χ1n) is 5.64. The van der Waals surface area contributed by atoms with Crippen molar-refractivity contribution < 1.29 is 5.11 Å². The van der Waals surface area contributed by atoms with Crippen molar-refractivity contribution in [3.05, 3.63) is 60.8 Å². The number of aromatic nitrogens is 1. The zero-order valence-corrected chi connectivity index (χ0v) is 11.3. The van der Waals surface area contributed by atoms with Crippen LogP contribution in [-0.4, -0.2) is 25.0 Å². The van der Waals surface area contributed by atoms with Gasteiger partial charge in [0.15, 0.2) is 0 Å². The molecule has 0 bridgehead atoms. The van der Waals surface area contributed by atoms with Crippen LogP contribution in [0.25, 0.3) is 10.9 Å². The van der Waals surface area contributed by atoms with Gasteiger partial charge in [0.25, 0.3) is 0 Å². The molecule has 0 spiro atoms. The van der Waals surface area contributed by atoms with Gasteiger partial charge in [-0.3, -0.25) is 0 Å². The molecule has 0 aliphatic rings. The normalized spacial score (nSPS) is 10.7. The Morgan fingerprint density at radius 3 is 2.56 bits per heavy atom. The molecule has 0 atom stereocenters. The average molecular weight is 300 g/mol. The molecule has 0 fully saturated rings. The van der Waals surface area contributed by atoms with E-state index in [1.54, 1.807) is 12.3 Å². The second kappa shape index (κ2) is 4.81. The second-order valence-electron chi connectivity index (χ2n) is 3.90. The number of hydrogen-bond donors (Lipinski definition) is 1. The van der Waals surface area contributed by atoms with Crippen LogP contribution in [0, 0.1) is 0 Å². The van der Waals surface area contributed by atoms with E-state index < -0.39 is 0 Å². The molecule has 3 heteroatoms. The van der Waals surface area contributed by atoms with Crippen LogP contribution >= 0.6 is 0 Å². The Labute approximate surface area is 111 Å². The van der Waals surface area contributed by atoms with Crippen molar-refractivity contribution in [2.24, 2.45) is 0 Å². The summed E-state index contributed by atoms with van der Waals surface area (Å²) in [5.74, 6) is 0.361. The van der Waals surface area contributed by atoms with Crippen LogP contribution in [0.2, 0.25) is 0 Å². The number of benzene rings is 2. The van der Waals surface area contributed by atoms with Gasteiger partial charge in [0.2, 0.25) is 0 Å². The molecule has 0 radical (unpaired) electrons. The van der Waals surface area contributed by atoms with Gasteiger partial charge in [-0.2, -0.15) is 0 Å². The Morgan fingerprint density at radius 1 is 0.889 bits per heavy atom. The van der Waals surface area contributed by atoms with Gasteiger partial charge in [-0.1, -0.05) is 0 Å². The van der Waals surface area contributed by atoms with E-state index in [9.17, 15) is 5.11 Å². The van der Waals surface area contributed by atoms with E-state index in [1.807, 2.05) is 36.4 Å². The Bertz CT molecular complexity index is 682. The summed E-state index contributed by atoms with van der Waals surface area (Å²) in [5, 5.41) is 11.1. The molecular formula is C15H11NOSe. The Morgan fingerprint density at radius 2 is 1.72 bits per heavy atom. The standard InChI is InChI=1S/C15H11NOSe/c17-14-9-8-13-12(7-4-10-16-13)15(14)18-11-5-2-1-3-6-11/h1-10,17H. The molecule has 2 aromatic carbocycles. The van der Waals surface area contributed by atoms with Gasteiger partial charge in [0, 0.05) is 0 Å². The number of phenolic OH excluding ortho intramolecular Hbond substituents is 1. The topological polar surface area (TPSA) is 33.1 Å². The SMILES string of the molecule is Oc1ccc2ncccc2c1[Se]c1ccccc1. The monoisotopic (exact) mass is 301 g/mol. The summed E-state index contributed by atoms with van der Waals surface area (Å²) in [6.07, 6.45) is 1.78. The molecular weight excluding hydrogens is 289 g/mol. The average Bonchev–Trinajstić information content (AvgIpc) is 2.43. The van der Waals surface area contributed by atoms with E-state index in [0.717, 1.165) is 15.4 Å². The van der Waals surface area contributed by atoms with Crippen LogP contribution in [0.4, 0.5) is 0 Å². The molecule has 0 saturated heterocycles. The zero-order valence-electron chi connectivity index (χ0n) is 9.58. The number of fused-ring (bicyclic) bond motifs is 1. The first kappa shape index (κ1) is 11.3. The van der Waals surface area contributed by atoms with Crippen molar-refractivity contribution >= 4 is 34.8 Å². The number of hydrogen-bond acceptors (Lipinski definition) is 2. The van der Waals surface area contributed by atoms with Gasteiger partial charge in [-0.25, -0.2) is 0 Å². The van der Waals surface area contributed by atoms with Crippen LogP contribution in [0.5, 0.6) is 5.75 Å². The summed E-state index contributed by atoms with van der Waals surface area (Å²) in [4.78, 5) is 4.32. The molecule has 0 saturated carbocycles. The van der Waals surface area contributed by atoms with Crippen LogP contribution in [0.15, 0.2) is 60.8 Å². The van der Waals surface area contributed by atoms with Gasteiger partial charge in [-0.15, -0.1) is 0 Å². The van der Waals surface area contributed by atoms with Crippen molar-refractivity contribution in [3.8, 4) is 5.75 Å². The molecule has 1 aromatic heterocycles. The first-order chi connectivity index (χ1) is 8.84. The second-order valence-corrected chi connectivity index (χ2v) is 6.17. The van der Waals surface area contributed by atoms with Crippen molar-refractivity contribution in [2.45, 2.75) is 0 Å². The van der Waals surface area contributed by atoms with Crippen LogP contribution in [0.1, 0.15) is 0 Å². The Hall–Kier alpha value is -1.83. The van der Waals surface area contributed by atoms with Gasteiger partial charge in [-0.05, 0) is 0 Å². The minimum atomic E-state index is 0.0912. The van der Waals surface area contributed by atoms with Gasteiger partial charge < -0.3 is 0 Å². The third-order valence-electron chi connectivity index (χ3n) is 2.68. The number of pyridine rings is 1. The van der Waals surface area contributed by atoms with E-state index in [-0.39, 0.29) is 15.0 Å². The predicted molar refractivity (Wildman–Crippen MR) is 74.9 cm³/mol. The number of phenols is 1. The van der Waals surface area contributed by atoms with Crippen molar-refractivity contribution in [2.75, 3.05) is 0 Å². The number of rotatable bonds is 2. The van der Waals surface area contributed by atoms with Crippen molar-refractivity contribution in [3.63, 3.8) is 0 Å². The van der Waals surface area contributed by atoms with E-state index in [0.29, 0.717) is 5.75 Å². The fourth-order valence-electron chi connectivity index (χ4n) is 1.83. The molecule has 0 aliphatic carbocycles. The molecule has 0 aliphatic heterocycles. The summed E-state index contributed by atoms with van der Waals surface area (Å²) >= 11 is 0.0912. The van der Waals surface area contributed by atoms with Crippen molar-refractivity contribution in [1.29, 1.82) is 0 Å². The van der Waals surface area contributed by atoms with Gasteiger partial charge in [0.1, 0.15) is 0 Å². The van der Waals surface area contributed by atoms with Gasteiger partial charge >= 0.3 is 111 Å². The summed E-state index contributed by atoms with van der Waals surface area (Å²) in [6, 6.07) is 17.8. The third-order valence-corrected chi connectivity index (χ3v) is 5.07. The predicted octanol–water partition coefficient (Wildman–Crippen LogP) is 1.60. The molecule has 1 N–H and O–H groups in total. The van der Waals surface area contributed by atoms with E-state index >= 15 is 0 Å². The van der Waals surface area contributed by atoms with E-state index in [4.69, 9.17) is 0 Å². The van der Waals surface area contributed by atoms with Crippen LogP contribution < -0.4 is 8.92 Å². The molecule has 1 heterocycles. The van der Waals surface area contributed by atoms with E-state index in [2.05, 4.69) is 17.1 Å². The molecule has 18 heavy (non-hydrogen) atoms. The van der Waals surface area contributed by atoms with Crippen molar-refractivity contribution in [1.82, 2.24) is 4.98 Å². The summed E-state index contributed by atoms with van der Waals surface area (Å²) in [6.45, 7) is 0. The van der Waals surface area contributed by atoms with Gasteiger partial charge in [0.05, 0.1) is 0 Å². The molecule has 3 rings (SSSR count). The first-order valence-corrected chi connectivity index (χ1v) is 7.35. The molecule has 88 valence electrons. The molecule has 0 unspecified atom stereocenters. The number of aromatic hydroxyl groups is 1. The fraction of sp³-hybridized carbons (Fsp3) is 0. The maximum absolute atomic E-state index is 10.1. The Kier molecular flexibility index (Phi) is 3.01. The van der Waals surface area contributed by atoms with E-state index in [1.165, 1.54) is 4.46 Å². The summed E-state index contributed by atoms with van der Waals surface area (Å²) < 4.78 is 2.25. The fourth-order valence-corrected chi connectivity index (χ4v) is 3.89. The zero-order chi connectivity index (χ0) is 12.4. The maximum atomic E-state index is 10.1. The number of nitrogens with zero attached hydrogens (tertiary/aromatic N) is 1. The molecule has 0 amide bonds. The molecule has 2 nitrogen and oxygen atoms in total. The summed E-state index contributed by atoms with van der Waals surface area (Å²) in [7, 11) is 0. The summed E-state index contributed by atoms with van der Waals surface area (Å²) in [5.41, 5.74) is 0.933. The van der Waals surface area contributed by atoms with Crippen LogP contribution in [0.3, 0.4) is 0 Å². The van der Waals surface area contributed by atoms with Crippen LogP contribution in [-0.2, 0) is 0 Å². The third kappa shape index (κ3) is 2.10. The minimum absolute atomic E-state index is 0.0912.